The van der Waals surface area contributed by atoms with Crippen molar-refractivity contribution in [3.05, 3.63) is 53.3 Å². The topological polar surface area (TPSA) is 136 Å². The number of hydrogen-bond acceptors (Lipinski definition) is 5. The highest BCUT2D eigenvalue weighted by atomic mass is 19.3. The van der Waals surface area contributed by atoms with Gasteiger partial charge in [0.2, 0.25) is 0 Å². The van der Waals surface area contributed by atoms with Crippen molar-refractivity contribution in [3.63, 3.8) is 0 Å². The van der Waals surface area contributed by atoms with Crippen LogP contribution in [0.2, 0.25) is 0 Å². The van der Waals surface area contributed by atoms with Gasteiger partial charge in [-0.1, -0.05) is 30.3 Å². The number of carbonyl (C=O) groups excluding carboxylic acids is 3. The smallest absolute Gasteiger partial charge is 0.325 e. The van der Waals surface area contributed by atoms with Crippen LogP contribution in [-0.4, -0.2) is 68.0 Å². The molecule has 1 aromatic carbocycles. The van der Waals surface area contributed by atoms with Gasteiger partial charge in [-0.05, 0) is 24.5 Å². The minimum absolute atomic E-state index is 0.0932. The van der Waals surface area contributed by atoms with E-state index in [0.717, 1.165) is 11.6 Å². The Labute approximate surface area is 181 Å². The molecule has 2 aromatic rings. The van der Waals surface area contributed by atoms with E-state index in [1.807, 2.05) is 30.3 Å². The average Bonchev–Trinajstić information content (AvgIpc) is 3.36. The number of piperidine rings is 1. The number of hydrogen-bond donors (Lipinski definition) is 3. The Morgan fingerprint density at radius 2 is 1.84 bits per heavy atom. The van der Waals surface area contributed by atoms with Crippen molar-refractivity contribution in [1.29, 1.82) is 0 Å². The number of carboxylic acid groups (broad SMARTS) is 1. The molecule has 2 saturated heterocycles. The molecule has 12 heteroatoms. The van der Waals surface area contributed by atoms with E-state index in [4.69, 9.17) is 9.90 Å². The number of carbonyl (C=O) groups is 4. The maximum atomic E-state index is 12.7. The van der Waals surface area contributed by atoms with Crippen LogP contribution in [0.4, 0.5) is 13.6 Å². The highest BCUT2D eigenvalue weighted by Crippen LogP contribution is 2.35. The molecule has 0 bridgehead atoms. The van der Waals surface area contributed by atoms with Gasteiger partial charge in [-0.25, -0.2) is 13.6 Å². The van der Waals surface area contributed by atoms with Gasteiger partial charge in [-0.2, -0.15) is 5.10 Å². The molecule has 0 atom stereocenters. The second-order valence-corrected chi connectivity index (χ2v) is 7.27. The van der Waals surface area contributed by atoms with Crippen LogP contribution in [0.25, 0.3) is 0 Å². The number of imide groups is 1. The molecule has 2 aliphatic rings. The van der Waals surface area contributed by atoms with E-state index in [2.05, 4.69) is 15.5 Å². The number of alkyl halides is 2. The molecule has 0 aliphatic carbocycles. The van der Waals surface area contributed by atoms with Crippen molar-refractivity contribution in [2.75, 3.05) is 13.1 Å². The standard InChI is InChI=1S/C19H19F2N5O3.CH2O2/c20-15(21)13-10-14(24-23-13)16(27)25-8-6-19(7-9-25)17(28)22-18(29)26(19)11-12-4-2-1-3-5-12;2-1-3/h1-5,10,15H,6-9,11H2,(H,23,24)(H,22,28,29);1H,(H,2,3). The first kappa shape index (κ1) is 22.8. The van der Waals surface area contributed by atoms with Gasteiger partial charge in [0.05, 0.1) is 0 Å². The lowest BCUT2D eigenvalue weighted by Crippen LogP contribution is -2.57. The van der Waals surface area contributed by atoms with Crippen molar-refractivity contribution >= 4 is 24.3 Å². The maximum absolute atomic E-state index is 12.7. The number of nitrogens with zero attached hydrogens (tertiary/aromatic N) is 3. The van der Waals surface area contributed by atoms with Gasteiger partial charge >= 0.3 is 6.03 Å². The van der Waals surface area contributed by atoms with Gasteiger partial charge in [0, 0.05) is 19.6 Å². The summed E-state index contributed by atoms with van der Waals surface area (Å²) >= 11 is 0. The molecule has 170 valence electrons. The normalized spacial score (nSPS) is 17.2. The third-order valence-electron chi connectivity index (χ3n) is 5.52. The molecule has 0 saturated carbocycles. The molecular weight excluding hydrogens is 428 g/mol. The monoisotopic (exact) mass is 449 g/mol. The molecule has 10 nitrogen and oxygen atoms in total. The van der Waals surface area contributed by atoms with Gasteiger partial charge in [-0.3, -0.25) is 24.8 Å². The average molecular weight is 449 g/mol. The van der Waals surface area contributed by atoms with Crippen LogP contribution in [0.3, 0.4) is 0 Å². The number of nitrogens with one attached hydrogen (secondary N) is 2. The molecule has 4 amide bonds. The van der Waals surface area contributed by atoms with Crippen LogP contribution in [0.15, 0.2) is 36.4 Å². The number of aromatic amines is 1. The molecule has 2 aliphatic heterocycles. The fourth-order valence-electron chi connectivity index (χ4n) is 3.88. The van der Waals surface area contributed by atoms with Crippen molar-refractivity contribution < 1.29 is 33.1 Å². The summed E-state index contributed by atoms with van der Waals surface area (Å²) in [5.74, 6) is -0.854. The molecule has 3 heterocycles. The van der Waals surface area contributed by atoms with Crippen LogP contribution in [-0.2, 0) is 16.1 Å². The van der Waals surface area contributed by atoms with E-state index in [1.165, 1.54) is 9.80 Å². The lowest BCUT2D eigenvalue weighted by molar-refractivity contribution is -0.129. The molecule has 32 heavy (non-hydrogen) atoms. The number of H-pyrrole nitrogens is 1. The summed E-state index contributed by atoms with van der Waals surface area (Å²) in [7, 11) is 0. The predicted octanol–water partition coefficient (Wildman–Crippen LogP) is 1.77. The molecule has 0 unspecified atom stereocenters. The summed E-state index contributed by atoms with van der Waals surface area (Å²) in [6.45, 7) is 0.451. The van der Waals surface area contributed by atoms with Gasteiger partial charge in [0.15, 0.2) is 5.69 Å². The lowest BCUT2D eigenvalue weighted by atomic mass is 9.85. The highest BCUT2D eigenvalue weighted by molar-refractivity contribution is 6.07. The van der Waals surface area contributed by atoms with E-state index >= 15 is 0 Å². The summed E-state index contributed by atoms with van der Waals surface area (Å²) in [5, 5.41) is 15.1. The lowest BCUT2D eigenvalue weighted by Gasteiger charge is -2.42. The molecule has 3 N–H and O–H groups in total. The van der Waals surface area contributed by atoms with Crippen LogP contribution >= 0.6 is 0 Å². The maximum Gasteiger partial charge on any atom is 0.325 e. The second kappa shape index (κ2) is 9.54. The minimum atomic E-state index is -2.74. The zero-order valence-corrected chi connectivity index (χ0v) is 16.8. The molecule has 0 radical (unpaired) electrons. The zero-order valence-electron chi connectivity index (χ0n) is 16.8. The Balaban J connectivity index is 0.000000913. The largest absolute Gasteiger partial charge is 0.483 e. The van der Waals surface area contributed by atoms with Crippen molar-refractivity contribution in [3.8, 4) is 0 Å². The van der Waals surface area contributed by atoms with Gasteiger partial charge in [0.1, 0.15) is 11.2 Å². The molecule has 4 rings (SSSR count). The van der Waals surface area contributed by atoms with E-state index < -0.39 is 29.6 Å². The summed E-state index contributed by atoms with van der Waals surface area (Å²) in [4.78, 5) is 48.9. The van der Waals surface area contributed by atoms with Crippen molar-refractivity contribution in [2.24, 2.45) is 0 Å². The number of urea groups is 1. The van der Waals surface area contributed by atoms with E-state index in [0.29, 0.717) is 0 Å². The summed E-state index contributed by atoms with van der Waals surface area (Å²) < 4.78 is 25.4. The van der Waals surface area contributed by atoms with Crippen LogP contribution in [0.5, 0.6) is 0 Å². The first-order valence-electron chi connectivity index (χ1n) is 9.70. The quantitative estimate of drug-likeness (QED) is 0.481. The minimum Gasteiger partial charge on any atom is -0.483 e. The third kappa shape index (κ3) is 4.43. The summed E-state index contributed by atoms with van der Waals surface area (Å²) in [6, 6.07) is 9.92. The number of aromatic nitrogens is 2. The van der Waals surface area contributed by atoms with Gasteiger partial charge in [0.25, 0.3) is 24.7 Å². The van der Waals surface area contributed by atoms with Crippen LogP contribution < -0.4 is 5.32 Å². The molecular formula is C20H21F2N5O5. The van der Waals surface area contributed by atoms with Gasteiger partial charge in [-0.15, -0.1) is 0 Å². The first-order chi connectivity index (χ1) is 15.3. The predicted molar refractivity (Wildman–Crippen MR) is 106 cm³/mol. The first-order valence-corrected chi connectivity index (χ1v) is 9.70. The fourth-order valence-corrected chi connectivity index (χ4v) is 3.88. The Kier molecular flexibility index (Phi) is 6.81. The summed E-state index contributed by atoms with van der Waals surface area (Å²) in [5.41, 5.74) is -0.643. The number of halogens is 2. The second-order valence-electron chi connectivity index (χ2n) is 7.27. The zero-order chi connectivity index (χ0) is 23.3. The van der Waals surface area contributed by atoms with Crippen LogP contribution in [0.1, 0.15) is 41.0 Å². The fraction of sp³-hybridized carbons (Fsp3) is 0.350. The molecule has 1 spiro atoms. The van der Waals surface area contributed by atoms with Gasteiger partial charge < -0.3 is 14.9 Å². The Bertz CT molecular complexity index is 989. The van der Waals surface area contributed by atoms with E-state index in [1.54, 1.807) is 0 Å². The molecule has 2 fully saturated rings. The third-order valence-corrected chi connectivity index (χ3v) is 5.52. The number of likely N-dealkylation sites (tertiary alicyclic amines) is 1. The van der Waals surface area contributed by atoms with Crippen molar-refractivity contribution in [2.45, 2.75) is 31.4 Å². The SMILES string of the molecule is O=C(c1cc(C(F)F)[nH]n1)N1CCC2(CC1)C(=O)NC(=O)N2Cc1ccccc1.O=CO. The Morgan fingerprint density at radius 1 is 1.22 bits per heavy atom. The number of amides is 4. The van der Waals surface area contributed by atoms with E-state index in [-0.39, 0.29) is 50.5 Å². The highest BCUT2D eigenvalue weighted by Gasteiger charge is 2.54. The number of benzene rings is 1. The van der Waals surface area contributed by atoms with Crippen LogP contribution in [0, 0.1) is 0 Å². The Hall–Kier alpha value is -3.83. The Morgan fingerprint density at radius 3 is 2.41 bits per heavy atom. The number of rotatable bonds is 4. The molecule has 1 aromatic heterocycles. The summed E-state index contributed by atoms with van der Waals surface area (Å²) in [6.07, 6.45) is -2.22. The van der Waals surface area contributed by atoms with E-state index in [9.17, 15) is 23.2 Å². The van der Waals surface area contributed by atoms with Crippen molar-refractivity contribution in [1.82, 2.24) is 25.3 Å².